The minimum atomic E-state index is -0.483. The molecule has 2 N–H and O–H groups in total. The lowest BCUT2D eigenvalue weighted by Crippen LogP contribution is -2.33. The van der Waals surface area contributed by atoms with E-state index < -0.39 is 4.92 Å². The van der Waals surface area contributed by atoms with Crippen LogP contribution in [-0.4, -0.2) is 17.4 Å². The van der Waals surface area contributed by atoms with Gasteiger partial charge in [0, 0.05) is 12.1 Å². The molecule has 0 unspecified atom stereocenters. The average Bonchev–Trinajstić information content (AvgIpc) is 2.65. The molecule has 0 aromatic heterocycles. The van der Waals surface area contributed by atoms with Crippen LogP contribution in [0.25, 0.3) is 0 Å². The van der Waals surface area contributed by atoms with Crippen molar-refractivity contribution in [2.45, 2.75) is 32.6 Å². The van der Waals surface area contributed by atoms with Gasteiger partial charge in [0.05, 0.1) is 10.6 Å². The zero-order chi connectivity index (χ0) is 19.2. The monoisotopic (exact) mass is 357 g/mol. The second-order valence-corrected chi connectivity index (χ2v) is 6.53. The van der Waals surface area contributed by atoms with E-state index in [1.165, 1.54) is 29.8 Å². The second-order valence-electron chi connectivity index (χ2n) is 6.53. The van der Waals surface area contributed by atoms with E-state index in [0.717, 1.165) is 6.42 Å². The Morgan fingerprint density at radius 1 is 1.12 bits per heavy atom. The fourth-order valence-corrected chi connectivity index (χ4v) is 2.20. The molecule has 0 heterocycles. The van der Waals surface area contributed by atoms with E-state index in [2.05, 4.69) is 31.6 Å². The molecule has 0 aliphatic carbocycles. The van der Waals surface area contributed by atoms with Gasteiger partial charge in [0.15, 0.2) is 6.61 Å². The molecule has 138 valence electrons. The molecule has 0 fully saturated rings. The van der Waals surface area contributed by atoms with Crippen molar-refractivity contribution in [3.63, 3.8) is 0 Å². The maximum atomic E-state index is 11.8. The van der Waals surface area contributed by atoms with Crippen LogP contribution in [0.15, 0.2) is 48.5 Å². The largest absolute Gasteiger partial charge is 0.484 e. The van der Waals surface area contributed by atoms with Crippen molar-refractivity contribution >= 4 is 17.3 Å². The third kappa shape index (κ3) is 5.20. The van der Waals surface area contributed by atoms with Gasteiger partial charge in [-0.15, -0.1) is 0 Å². The number of rotatable bonds is 8. The minimum absolute atomic E-state index is 0.0140. The van der Waals surface area contributed by atoms with E-state index >= 15 is 0 Å². The first-order chi connectivity index (χ1) is 12.3. The first-order valence-corrected chi connectivity index (χ1v) is 8.34. The smallest absolute Gasteiger partial charge is 0.276 e. The number of ether oxygens (including phenoxy) is 1. The Hall–Kier alpha value is -3.09. The first kappa shape index (κ1) is 19.2. The Morgan fingerprint density at radius 2 is 1.73 bits per heavy atom. The molecule has 0 bridgehead atoms. The summed E-state index contributed by atoms with van der Waals surface area (Å²) >= 11 is 0. The Labute approximate surface area is 152 Å². The molecule has 1 amide bonds. The van der Waals surface area contributed by atoms with Gasteiger partial charge in [-0.25, -0.2) is 0 Å². The van der Waals surface area contributed by atoms with Gasteiger partial charge in [-0.05, 0) is 41.7 Å². The van der Waals surface area contributed by atoms with Gasteiger partial charge in [0.2, 0.25) is 0 Å². The van der Waals surface area contributed by atoms with Gasteiger partial charge in [-0.1, -0.05) is 32.9 Å². The molecule has 2 aromatic rings. The minimum Gasteiger partial charge on any atom is -0.484 e. The van der Waals surface area contributed by atoms with Gasteiger partial charge in [0.1, 0.15) is 5.75 Å². The van der Waals surface area contributed by atoms with Crippen LogP contribution in [0.2, 0.25) is 0 Å². The lowest BCUT2D eigenvalue weighted by molar-refractivity contribution is -0.384. The van der Waals surface area contributed by atoms with Gasteiger partial charge in [0.25, 0.3) is 11.6 Å². The van der Waals surface area contributed by atoms with Crippen molar-refractivity contribution in [1.82, 2.24) is 5.43 Å². The molecule has 0 aliphatic rings. The van der Waals surface area contributed by atoms with E-state index in [4.69, 9.17) is 4.74 Å². The molecule has 0 spiro atoms. The van der Waals surface area contributed by atoms with Crippen molar-refractivity contribution in [2.75, 3.05) is 12.0 Å². The quantitative estimate of drug-likeness (QED) is 0.553. The lowest BCUT2D eigenvalue weighted by atomic mass is 9.82. The predicted molar refractivity (Wildman–Crippen MR) is 100 cm³/mol. The molecule has 0 saturated carbocycles. The van der Waals surface area contributed by atoms with Crippen molar-refractivity contribution in [3.8, 4) is 5.75 Å². The second kappa shape index (κ2) is 8.33. The van der Waals surface area contributed by atoms with Gasteiger partial charge in [-0.3, -0.25) is 25.8 Å². The lowest BCUT2D eigenvalue weighted by Gasteiger charge is -2.23. The van der Waals surface area contributed by atoms with Crippen LogP contribution in [0.3, 0.4) is 0 Å². The van der Waals surface area contributed by atoms with Crippen LogP contribution in [0.5, 0.6) is 5.75 Å². The van der Waals surface area contributed by atoms with Crippen LogP contribution < -0.4 is 15.6 Å². The molecule has 2 rings (SSSR count). The van der Waals surface area contributed by atoms with E-state index in [0.29, 0.717) is 11.4 Å². The van der Waals surface area contributed by atoms with Crippen LogP contribution in [0.4, 0.5) is 11.4 Å². The average molecular weight is 357 g/mol. The highest BCUT2D eigenvalue weighted by atomic mass is 16.6. The van der Waals surface area contributed by atoms with Crippen molar-refractivity contribution < 1.29 is 14.5 Å². The molecule has 0 saturated heterocycles. The number of carbonyl (C=O) groups excluding carboxylic acids is 1. The molecule has 7 nitrogen and oxygen atoms in total. The van der Waals surface area contributed by atoms with Gasteiger partial charge in [-0.2, -0.15) is 0 Å². The molecular formula is C19H23N3O4. The summed E-state index contributed by atoms with van der Waals surface area (Å²) in [5.41, 5.74) is 7.00. The van der Waals surface area contributed by atoms with E-state index in [1.54, 1.807) is 0 Å². The van der Waals surface area contributed by atoms with Crippen molar-refractivity contribution in [1.29, 1.82) is 0 Å². The number of amides is 1. The Morgan fingerprint density at radius 3 is 2.27 bits per heavy atom. The van der Waals surface area contributed by atoms with Crippen LogP contribution >= 0.6 is 0 Å². The summed E-state index contributed by atoms with van der Waals surface area (Å²) < 4.78 is 5.47. The zero-order valence-electron chi connectivity index (χ0n) is 15.1. The number of hydrazine groups is 1. The van der Waals surface area contributed by atoms with Crippen LogP contribution in [0.1, 0.15) is 32.8 Å². The molecule has 0 radical (unpaired) electrons. The molecule has 0 atom stereocenters. The summed E-state index contributed by atoms with van der Waals surface area (Å²) in [6.07, 6.45) is 1.03. The SMILES string of the molecule is CCC(C)(C)c1ccc(OCC(=O)NNc2ccc([N+](=O)[O-])cc2)cc1. The Bertz CT molecular complexity index is 755. The molecule has 26 heavy (non-hydrogen) atoms. The van der Waals surface area contributed by atoms with Crippen molar-refractivity contribution in [2.24, 2.45) is 0 Å². The molecule has 0 aliphatic heterocycles. The maximum Gasteiger partial charge on any atom is 0.276 e. The molecule has 2 aromatic carbocycles. The fraction of sp³-hybridized carbons (Fsp3) is 0.316. The van der Waals surface area contributed by atoms with Gasteiger partial charge >= 0.3 is 0 Å². The number of hydrogen-bond acceptors (Lipinski definition) is 5. The molecular weight excluding hydrogens is 334 g/mol. The highest BCUT2D eigenvalue weighted by Crippen LogP contribution is 2.28. The topological polar surface area (TPSA) is 93.5 Å². The summed E-state index contributed by atoms with van der Waals surface area (Å²) in [5.74, 6) is 0.257. The van der Waals surface area contributed by atoms with E-state index in [-0.39, 0.29) is 23.6 Å². The summed E-state index contributed by atoms with van der Waals surface area (Å²) in [7, 11) is 0. The summed E-state index contributed by atoms with van der Waals surface area (Å²) in [4.78, 5) is 21.9. The summed E-state index contributed by atoms with van der Waals surface area (Å²) in [6.45, 7) is 6.36. The predicted octanol–water partition coefficient (Wildman–Crippen LogP) is 3.80. The summed E-state index contributed by atoms with van der Waals surface area (Å²) in [5, 5.41) is 10.6. The van der Waals surface area contributed by atoms with Crippen molar-refractivity contribution in [3.05, 3.63) is 64.2 Å². The summed E-state index contributed by atoms with van der Waals surface area (Å²) in [6, 6.07) is 13.4. The number of nitrogens with one attached hydrogen (secondary N) is 2. The number of nitro benzene ring substituents is 1. The zero-order valence-corrected chi connectivity index (χ0v) is 15.1. The highest BCUT2D eigenvalue weighted by molar-refractivity contribution is 5.78. The Kier molecular flexibility index (Phi) is 6.16. The number of non-ortho nitro benzene ring substituents is 1. The molecule has 7 heteroatoms. The van der Waals surface area contributed by atoms with Crippen LogP contribution in [-0.2, 0) is 10.2 Å². The standard InChI is InChI=1S/C19H23N3O4/c1-4-19(2,3)14-5-11-17(12-6-14)26-13-18(23)21-20-15-7-9-16(10-8-15)22(24)25/h5-12,20H,4,13H2,1-3H3,(H,21,23). The first-order valence-electron chi connectivity index (χ1n) is 8.34. The number of nitro groups is 1. The number of anilines is 1. The maximum absolute atomic E-state index is 11.8. The highest BCUT2D eigenvalue weighted by Gasteiger charge is 2.17. The van der Waals surface area contributed by atoms with E-state index in [1.807, 2.05) is 24.3 Å². The number of nitrogens with zero attached hydrogens (tertiary/aromatic N) is 1. The number of carbonyl (C=O) groups is 1. The van der Waals surface area contributed by atoms with Gasteiger partial charge < -0.3 is 4.74 Å². The number of benzene rings is 2. The third-order valence-electron chi connectivity index (χ3n) is 4.31. The van der Waals surface area contributed by atoms with Crippen LogP contribution in [0, 0.1) is 10.1 Å². The fourth-order valence-electron chi connectivity index (χ4n) is 2.20. The third-order valence-corrected chi connectivity index (χ3v) is 4.31. The number of hydrogen-bond donors (Lipinski definition) is 2. The normalized spacial score (nSPS) is 10.9. The van der Waals surface area contributed by atoms with E-state index in [9.17, 15) is 14.9 Å². The Balaban J connectivity index is 1.80.